The Hall–Kier alpha value is -3.21. The number of hydrogen-bond acceptors (Lipinski definition) is 3. The molecule has 0 atom stereocenters. The number of hydrogen-bond donors (Lipinski definition) is 1. The van der Waals surface area contributed by atoms with E-state index in [4.69, 9.17) is 0 Å². The van der Waals surface area contributed by atoms with Crippen LogP contribution in [0.15, 0.2) is 60.8 Å². The highest BCUT2D eigenvalue weighted by Crippen LogP contribution is 2.25. The SMILES string of the molecule is CC(=O)N(CC(=O)Nc1cccc(C)c1)c1cccc2cccnc12. The van der Waals surface area contributed by atoms with Gasteiger partial charge in [-0.1, -0.05) is 30.3 Å². The summed E-state index contributed by atoms with van der Waals surface area (Å²) in [6.07, 6.45) is 1.68. The third-order valence-electron chi connectivity index (χ3n) is 3.89. The Morgan fingerprint density at radius 1 is 1.08 bits per heavy atom. The molecule has 5 nitrogen and oxygen atoms in total. The van der Waals surface area contributed by atoms with Crippen LogP contribution in [0, 0.1) is 6.92 Å². The van der Waals surface area contributed by atoms with Crippen molar-refractivity contribution in [2.45, 2.75) is 13.8 Å². The molecule has 25 heavy (non-hydrogen) atoms. The van der Waals surface area contributed by atoms with Gasteiger partial charge in [0.15, 0.2) is 0 Å². The van der Waals surface area contributed by atoms with Crippen LogP contribution in [0.5, 0.6) is 0 Å². The fourth-order valence-corrected chi connectivity index (χ4v) is 2.74. The van der Waals surface area contributed by atoms with Crippen molar-refractivity contribution in [3.63, 3.8) is 0 Å². The summed E-state index contributed by atoms with van der Waals surface area (Å²) < 4.78 is 0. The van der Waals surface area contributed by atoms with Crippen LogP contribution in [0.25, 0.3) is 10.9 Å². The van der Waals surface area contributed by atoms with Crippen LogP contribution in [0.1, 0.15) is 12.5 Å². The molecule has 0 aliphatic rings. The first-order chi connectivity index (χ1) is 12.0. The maximum absolute atomic E-state index is 12.4. The number of carbonyl (C=O) groups is 2. The number of amides is 2. The Kier molecular flexibility index (Phi) is 4.75. The van der Waals surface area contributed by atoms with Crippen LogP contribution < -0.4 is 10.2 Å². The number of carbonyl (C=O) groups excluding carboxylic acids is 2. The van der Waals surface area contributed by atoms with Crippen LogP contribution in [-0.2, 0) is 9.59 Å². The van der Waals surface area contributed by atoms with E-state index in [1.54, 1.807) is 12.3 Å². The van der Waals surface area contributed by atoms with Crippen molar-refractivity contribution in [1.82, 2.24) is 4.98 Å². The van der Waals surface area contributed by atoms with Gasteiger partial charge in [0.1, 0.15) is 6.54 Å². The van der Waals surface area contributed by atoms with E-state index in [9.17, 15) is 9.59 Å². The Balaban J connectivity index is 1.86. The van der Waals surface area contributed by atoms with E-state index in [1.807, 2.05) is 55.5 Å². The van der Waals surface area contributed by atoms with E-state index in [2.05, 4.69) is 10.3 Å². The van der Waals surface area contributed by atoms with Crippen LogP contribution >= 0.6 is 0 Å². The lowest BCUT2D eigenvalue weighted by Gasteiger charge is -2.22. The molecule has 0 radical (unpaired) electrons. The quantitative estimate of drug-likeness (QED) is 0.794. The van der Waals surface area contributed by atoms with Gasteiger partial charge in [-0.3, -0.25) is 14.6 Å². The zero-order chi connectivity index (χ0) is 17.8. The van der Waals surface area contributed by atoms with Gasteiger partial charge in [0.2, 0.25) is 11.8 Å². The number of rotatable bonds is 4. The van der Waals surface area contributed by atoms with Gasteiger partial charge in [0.25, 0.3) is 0 Å². The molecule has 0 aliphatic carbocycles. The summed E-state index contributed by atoms with van der Waals surface area (Å²) in [5.74, 6) is -0.466. The molecule has 126 valence electrons. The van der Waals surface area contributed by atoms with E-state index in [-0.39, 0.29) is 18.4 Å². The smallest absolute Gasteiger partial charge is 0.244 e. The largest absolute Gasteiger partial charge is 0.325 e. The van der Waals surface area contributed by atoms with Crippen molar-refractivity contribution >= 4 is 34.1 Å². The predicted molar refractivity (Wildman–Crippen MR) is 99.6 cm³/mol. The molecule has 3 aromatic rings. The molecule has 0 unspecified atom stereocenters. The summed E-state index contributed by atoms with van der Waals surface area (Å²) in [6.45, 7) is 3.33. The molecule has 2 amide bonds. The second-order valence-electron chi connectivity index (χ2n) is 5.88. The van der Waals surface area contributed by atoms with Gasteiger partial charge in [-0.05, 0) is 36.8 Å². The third kappa shape index (κ3) is 3.83. The van der Waals surface area contributed by atoms with E-state index < -0.39 is 0 Å². The van der Waals surface area contributed by atoms with Crippen LogP contribution in [0.3, 0.4) is 0 Å². The standard InChI is InChI=1S/C20H19N3O2/c1-14-6-3-9-17(12-14)22-19(25)13-23(15(2)24)18-10-4-7-16-8-5-11-21-20(16)18/h3-12H,13H2,1-2H3,(H,22,25). The lowest BCUT2D eigenvalue weighted by Crippen LogP contribution is -2.36. The molecular weight excluding hydrogens is 314 g/mol. The molecule has 0 spiro atoms. The molecule has 0 aliphatic heterocycles. The zero-order valence-corrected chi connectivity index (χ0v) is 14.2. The van der Waals surface area contributed by atoms with Gasteiger partial charge >= 0.3 is 0 Å². The van der Waals surface area contributed by atoms with Crippen molar-refractivity contribution in [2.75, 3.05) is 16.8 Å². The van der Waals surface area contributed by atoms with Crippen molar-refractivity contribution in [3.05, 3.63) is 66.4 Å². The van der Waals surface area contributed by atoms with E-state index in [0.717, 1.165) is 10.9 Å². The molecule has 0 bridgehead atoms. The number of pyridine rings is 1. The number of nitrogens with one attached hydrogen (secondary N) is 1. The molecule has 2 aromatic carbocycles. The van der Waals surface area contributed by atoms with E-state index in [0.29, 0.717) is 16.9 Å². The summed E-state index contributed by atoms with van der Waals surface area (Å²) in [4.78, 5) is 30.4. The summed E-state index contributed by atoms with van der Waals surface area (Å²) in [6, 6.07) is 16.9. The third-order valence-corrected chi connectivity index (χ3v) is 3.89. The summed E-state index contributed by atoms with van der Waals surface area (Å²) in [5.41, 5.74) is 3.09. The minimum absolute atomic E-state index is 0.0705. The molecule has 0 saturated carbocycles. The summed E-state index contributed by atoms with van der Waals surface area (Å²) in [7, 11) is 0. The second-order valence-corrected chi connectivity index (χ2v) is 5.88. The first kappa shape index (κ1) is 16.6. The van der Waals surface area contributed by atoms with Crippen molar-refractivity contribution < 1.29 is 9.59 Å². The monoisotopic (exact) mass is 333 g/mol. The average Bonchev–Trinajstić information content (AvgIpc) is 2.59. The number of aryl methyl sites for hydroxylation is 1. The first-order valence-corrected chi connectivity index (χ1v) is 8.03. The lowest BCUT2D eigenvalue weighted by atomic mass is 10.1. The van der Waals surface area contributed by atoms with Crippen LogP contribution in [0.4, 0.5) is 11.4 Å². The highest BCUT2D eigenvalue weighted by atomic mass is 16.2. The predicted octanol–water partition coefficient (Wildman–Crippen LogP) is 3.53. The highest BCUT2D eigenvalue weighted by Gasteiger charge is 2.18. The first-order valence-electron chi connectivity index (χ1n) is 8.03. The molecule has 5 heteroatoms. The van der Waals surface area contributed by atoms with Crippen LogP contribution in [-0.4, -0.2) is 23.3 Å². The van der Waals surface area contributed by atoms with Crippen molar-refractivity contribution in [1.29, 1.82) is 0 Å². The van der Waals surface area contributed by atoms with E-state index >= 15 is 0 Å². The number of para-hydroxylation sites is 1. The van der Waals surface area contributed by atoms with Crippen LogP contribution in [0.2, 0.25) is 0 Å². The molecule has 1 heterocycles. The minimum Gasteiger partial charge on any atom is -0.325 e. The van der Waals surface area contributed by atoms with Gasteiger partial charge in [0.05, 0.1) is 11.2 Å². The number of fused-ring (bicyclic) bond motifs is 1. The normalized spacial score (nSPS) is 10.5. The van der Waals surface area contributed by atoms with Gasteiger partial charge in [0, 0.05) is 24.2 Å². The highest BCUT2D eigenvalue weighted by molar-refractivity contribution is 6.06. The minimum atomic E-state index is -0.256. The maximum Gasteiger partial charge on any atom is 0.244 e. The lowest BCUT2D eigenvalue weighted by molar-refractivity contribution is -0.120. The van der Waals surface area contributed by atoms with Gasteiger partial charge < -0.3 is 10.2 Å². The Morgan fingerprint density at radius 2 is 1.84 bits per heavy atom. The molecule has 0 saturated heterocycles. The fourth-order valence-electron chi connectivity index (χ4n) is 2.74. The Morgan fingerprint density at radius 3 is 2.60 bits per heavy atom. The number of benzene rings is 2. The summed E-state index contributed by atoms with van der Waals surface area (Å²) >= 11 is 0. The maximum atomic E-state index is 12.4. The molecular formula is C20H19N3O2. The van der Waals surface area contributed by atoms with E-state index in [1.165, 1.54) is 11.8 Å². The second kappa shape index (κ2) is 7.13. The Labute approximate surface area is 146 Å². The topological polar surface area (TPSA) is 62.3 Å². The van der Waals surface area contributed by atoms with Crippen molar-refractivity contribution in [3.8, 4) is 0 Å². The average molecular weight is 333 g/mol. The fraction of sp³-hybridized carbons (Fsp3) is 0.150. The number of nitrogens with zero attached hydrogens (tertiary/aromatic N) is 2. The molecule has 3 rings (SSSR count). The number of aromatic nitrogens is 1. The molecule has 0 fully saturated rings. The number of anilines is 2. The summed E-state index contributed by atoms with van der Waals surface area (Å²) in [5, 5.41) is 3.75. The zero-order valence-electron chi connectivity index (χ0n) is 14.2. The van der Waals surface area contributed by atoms with Gasteiger partial charge in [-0.15, -0.1) is 0 Å². The molecule has 1 aromatic heterocycles. The molecule has 1 N–H and O–H groups in total. The Bertz CT molecular complexity index is 932. The van der Waals surface area contributed by atoms with Gasteiger partial charge in [-0.2, -0.15) is 0 Å². The van der Waals surface area contributed by atoms with Gasteiger partial charge in [-0.25, -0.2) is 0 Å². The van der Waals surface area contributed by atoms with Crippen molar-refractivity contribution in [2.24, 2.45) is 0 Å².